The molecule has 1 aromatic heterocycles. The van der Waals surface area contributed by atoms with Gasteiger partial charge in [0.15, 0.2) is 17.3 Å². The van der Waals surface area contributed by atoms with Crippen LogP contribution in [0.1, 0.15) is 83.4 Å². The number of halogens is 2. The van der Waals surface area contributed by atoms with Crippen molar-refractivity contribution in [2.45, 2.75) is 108 Å². The van der Waals surface area contributed by atoms with Gasteiger partial charge in [-0.1, -0.05) is 36.2 Å². The summed E-state index contributed by atoms with van der Waals surface area (Å²) >= 11 is 1.62. The first-order valence-corrected chi connectivity index (χ1v) is 16.2. The standard InChI is InChI=1S/C31H47F2N5O5S/c1-5-15-44-30-36-25(10-8-6-7-9-21(18-43-31(3,4)41)28(19(2)40)42-14-13-39)27(38-34)29(37-30)35-26-17-22(26)20-11-12-23(32)24(33)16-20/h11-12,16,18-19,22,26,28,38-41H,5-10,13-15,17,34H2,1-4H3,(H,35,36,37)/p+1/b21-18+/t19-,22+,26-,28+/m1/s1. The molecule has 4 atom stereocenters. The molecule has 13 heteroatoms. The van der Waals surface area contributed by atoms with Gasteiger partial charge in [-0.15, -0.1) is 0 Å². The Hall–Kier alpha value is -2.55. The first-order chi connectivity index (χ1) is 21.0. The van der Waals surface area contributed by atoms with Crippen molar-refractivity contribution in [3.8, 4) is 0 Å². The topological polar surface area (TPSA) is 156 Å². The first kappa shape index (κ1) is 35.9. The Kier molecular flexibility index (Phi) is 14.1. The zero-order valence-electron chi connectivity index (χ0n) is 26.0. The lowest BCUT2D eigenvalue weighted by atomic mass is 9.99. The van der Waals surface area contributed by atoms with Gasteiger partial charge in [0, 0.05) is 31.9 Å². The van der Waals surface area contributed by atoms with Crippen LogP contribution in [-0.4, -0.2) is 63.3 Å². The van der Waals surface area contributed by atoms with E-state index in [1.807, 2.05) is 0 Å². The molecule has 1 fully saturated rings. The zero-order chi connectivity index (χ0) is 32.3. The quantitative estimate of drug-likeness (QED) is 0.0233. The fraction of sp³-hybridized carbons (Fsp3) is 0.613. The number of unbranched alkanes of at least 4 members (excludes halogenated alkanes) is 2. The van der Waals surface area contributed by atoms with Crippen LogP contribution in [0.4, 0.5) is 20.3 Å². The van der Waals surface area contributed by atoms with E-state index in [1.54, 1.807) is 24.8 Å². The molecule has 1 aliphatic rings. The molecule has 1 heterocycles. The van der Waals surface area contributed by atoms with Gasteiger partial charge in [-0.3, -0.25) is 5.84 Å². The Morgan fingerprint density at radius 2 is 2.05 bits per heavy atom. The number of H-pyrrole nitrogens is 1. The van der Waals surface area contributed by atoms with Gasteiger partial charge in [0.2, 0.25) is 11.6 Å². The molecule has 0 saturated heterocycles. The van der Waals surface area contributed by atoms with Crippen molar-refractivity contribution in [2.24, 2.45) is 5.84 Å². The van der Waals surface area contributed by atoms with E-state index < -0.39 is 29.6 Å². The molecule has 1 aliphatic carbocycles. The van der Waals surface area contributed by atoms with Gasteiger partial charge in [0.25, 0.3) is 5.16 Å². The summed E-state index contributed by atoms with van der Waals surface area (Å²) in [6.07, 6.45) is 5.31. The maximum atomic E-state index is 13.8. The lowest BCUT2D eigenvalue weighted by Crippen LogP contribution is -2.31. The molecule has 0 radical (unpaired) electrons. The van der Waals surface area contributed by atoms with Crippen molar-refractivity contribution < 1.29 is 38.6 Å². The molecule has 3 rings (SSSR count). The fourth-order valence-corrected chi connectivity index (χ4v) is 5.65. The summed E-state index contributed by atoms with van der Waals surface area (Å²) in [6, 6.07) is 4.08. The number of aryl methyl sites for hydroxylation is 1. The molecule has 0 amide bonds. The number of aromatic amines is 1. The Balaban J connectivity index is 1.68. The minimum Gasteiger partial charge on any atom is -0.471 e. The second kappa shape index (κ2) is 17.2. The average molecular weight is 641 g/mol. The Labute approximate surface area is 262 Å². The monoisotopic (exact) mass is 640 g/mol. The number of thioether (sulfide) groups is 1. The average Bonchev–Trinajstić information content (AvgIpc) is 3.74. The molecular weight excluding hydrogens is 592 g/mol. The number of benzene rings is 1. The van der Waals surface area contributed by atoms with Gasteiger partial charge in [0.1, 0.15) is 11.8 Å². The zero-order valence-corrected chi connectivity index (χ0v) is 26.9. The number of ether oxygens (including phenoxy) is 2. The van der Waals surface area contributed by atoms with Gasteiger partial charge in [0.05, 0.1) is 31.6 Å². The number of hydrazine groups is 1. The van der Waals surface area contributed by atoms with Gasteiger partial charge in [-0.05, 0) is 62.3 Å². The number of aromatic nitrogens is 2. The predicted molar refractivity (Wildman–Crippen MR) is 167 cm³/mol. The number of nitrogen functional groups attached to an aromatic ring is 1. The van der Waals surface area contributed by atoms with E-state index in [0.29, 0.717) is 29.9 Å². The smallest absolute Gasteiger partial charge is 0.296 e. The summed E-state index contributed by atoms with van der Waals surface area (Å²) in [5.41, 5.74) is 5.71. The molecule has 0 bridgehead atoms. The molecule has 0 aliphatic heterocycles. The number of hydrogen-bond donors (Lipinski definition) is 6. The van der Waals surface area contributed by atoms with Crippen LogP contribution in [0.3, 0.4) is 0 Å². The Bertz CT molecular complexity index is 1230. The van der Waals surface area contributed by atoms with Gasteiger partial charge < -0.3 is 35.5 Å². The third-order valence-electron chi connectivity index (χ3n) is 7.16. The molecular formula is C31H48F2N5O5S+. The molecule has 1 aromatic carbocycles. The lowest BCUT2D eigenvalue weighted by molar-refractivity contribution is -0.417. The third kappa shape index (κ3) is 11.1. The van der Waals surface area contributed by atoms with E-state index >= 15 is 0 Å². The van der Waals surface area contributed by atoms with Crippen molar-refractivity contribution in [2.75, 3.05) is 29.7 Å². The number of nitrogens with one attached hydrogen (secondary N) is 3. The van der Waals surface area contributed by atoms with Crippen molar-refractivity contribution >= 4 is 23.3 Å². The van der Waals surface area contributed by atoms with Crippen LogP contribution < -0.4 is 21.6 Å². The van der Waals surface area contributed by atoms with Crippen molar-refractivity contribution in [3.63, 3.8) is 0 Å². The van der Waals surface area contributed by atoms with Crippen LogP contribution in [0.2, 0.25) is 0 Å². The van der Waals surface area contributed by atoms with Crippen molar-refractivity contribution in [3.05, 3.63) is 52.9 Å². The summed E-state index contributed by atoms with van der Waals surface area (Å²) in [7, 11) is 0. The maximum absolute atomic E-state index is 13.8. The number of anilines is 2. The molecule has 1 saturated carbocycles. The lowest BCUT2D eigenvalue weighted by Gasteiger charge is -2.25. The molecule has 246 valence electrons. The molecule has 2 aromatic rings. The van der Waals surface area contributed by atoms with Gasteiger partial charge in [-0.2, -0.15) is 0 Å². The van der Waals surface area contributed by atoms with E-state index in [2.05, 4.69) is 22.7 Å². The molecule has 8 N–H and O–H groups in total. The van der Waals surface area contributed by atoms with Crippen LogP contribution in [0, 0.1) is 11.6 Å². The SMILES string of the molecule is CCCSc1nc(CCCCC/C(=C\OC(C)(C)O)[C@@H](OCCO)[C@@H](C)O)c(NN)c(N[C@@H]2C[C@H]2c2ccc(F)c(F)c2)[nH+]1. The van der Waals surface area contributed by atoms with Crippen molar-refractivity contribution in [1.29, 1.82) is 0 Å². The van der Waals surface area contributed by atoms with Crippen LogP contribution in [0.15, 0.2) is 35.2 Å². The fourth-order valence-electron chi connectivity index (χ4n) is 4.91. The van der Waals surface area contributed by atoms with E-state index in [1.165, 1.54) is 26.2 Å². The summed E-state index contributed by atoms with van der Waals surface area (Å²) in [6.45, 7) is 6.64. The molecule has 10 nitrogen and oxygen atoms in total. The minimum absolute atomic E-state index is 0.0359. The number of nitrogens with zero attached hydrogens (tertiary/aromatic N) is 1. The van der Waals surface area contributed by atoms with Gasteiger partial charge >= 0.3 is 0 Å². The number of rotatable bonds is 20. The summed E-state index contributed by atoms with van der Waals surface area (Å²) in [5, 5.41) is 33.8. The van der Waals surface area contributed by atoms with E-state index in [4.69, 9.17) is 20.3 Å². The highest BCUT2D eigenvalue weighted by atomic mass is 32.2. The van der Waals surface area contributed by atoms with E-state index in [-0.39, 0.29) is 25.2 Å². The van der Waals surface area contributed by atoms with Crippen LogP contribution >= 0.6 is 11.8 Å². The predicted octanol–water partition coefficient (Wildman–Crippen LogP) is 4.42. The highest BCUT2D eigenvalue weighted by molar-refractivity contribution is 7.99. The number of aliphatic hydroxyl groups is 3. The number of hydrogen-bond acceptors (Lipinski definition) is 10. The summed E-state index contributed by atoms with van der Waals surface area (Å²) in [4.78, 5) is 8.19. The maximum Gasteiger partial charge on any atom is 0.296 e. The van der Waals surface area contributed by atoms with Crippen LogP contribution in [-0.2, 0) is 15.9 Å². The molecule has 0 spiro atoms. The van der Waals surface area contributed by atoms with Crippen molar-refractivity contribution in [1.82, 2.24) is 4.98 Å². The van der Waals surface area contributed by atoms with E-state index in [9.17, 15) is 24.1 Å². The Morgan fingerprint density at radius 3 is 2.68 bits per heavy atom. The second-order valence-corrected chi connectivity index (χ2v) is 12.7. The molecule has 0 unspecified atom stereocenters. The van der Waals surface area contributed by atoms with E-state index in [0.717, 1.165) is 60.3 Å². The Morgan fingerprint density at radius 1 is 1.27 bits per heavy atom. The molecule has 44 heavy (non-hydrogen) atoms. The number of nitrogens with two attached hydrogens (primary N) is 1. The van der Waals surface area contributed by atoms with Crippen LogP contribution in [0.25, 0.3) is 0 Å². The first-order valence-electron chi connectivity index (χ1n) is 15.2. The minimum atomic E-state index is -1.39. The second-order valence-electron chi connectivity index (χ2n) is 11.6. The van der Waals surface area contributed by atoms with Gasteiger partial charge in [-0.25, -0.2) is 13.8 Å². The highest BCUT2D eigenvalue weighted by Gasteiger charge is 2.42. The number of aliphatic hydroxyl groups excluding tert-OH is 2. The largest absolute Gasteiger partial charge is 0.471 e. The summed E-state index contributed by atoms with van der Waals surface area (Å²) in [5.74, 6) is 4.54. The third-order valence-corrected chi connectivity index (χ3v) is 8.24. The normalized spacial score (nSPS) is 18.2. The highest BCUT2D eigenvalue weighted by Crippen LogP contribution is 2.43. The van der Waals surface area contributed by atoms with Crippen LogP contribution in [0.5, 0.6) is 0 Å². The summed E-state index contributed by atoms with van der Waals surface area (Å²) < 4.78 is 38.4.